The van der Waals surface area contributed by atoms with Crippen molar-refractivity contribution in [1.29, 1.82) is 5.26 Å². The Hall–Kier alpha value is -2.36. The van der Waals surface area contributed by atoms with Crippen LogP contribution in [0.5, 0.6) is 0 Å². The van der Waals surface area contributed by atoms with Crippen LogP contribution in [0, 0.1) is 17.2 Å². The number of H-pyrrole nitrogens is 1. The molecule has 2 aromatic heterocycles. The van der Waals surface area contributed by atoms with E-state index in [0.717, 1.165) is 0 Å². The predicted molar refractivity (Wildman–Crippen MR) is 100 cm³/mol. The summed E-state index contributed by atoms with van der Waals surface area (Å²) in [6.45, 7) is 1.30. The molecule has 16 heteroatoms. The molecule has 0 saturated carbocycles. The summed E-state index contributed by atoms with van der Waals surface area (Å²) in [4.78, 5) is 31.4. The van der Waals surface area contributed by atoms with Crippen LogP contribution in [-0.2, 0) is 27.4 Å². The Bertz CT molecular complexity index is 1050. The molecule has 0 radical (unpaired) electrons. The molecule has 1 fully saturated rings. The van der Waals surface area contributed by atoms with E-state index in [4.69, 9.17) is 34.2 Å². The molecule has 3 rings (SSSR count). The maximum Gasteiger partial charge on any atom is 0.697 e. The second-order valence-electron chi connectivity index (χ2n) is 6.27. The van der Waals surface area contributed by atoms with E-state index in [1.807, 2.05) is 6.07 Å². The second-order valence-corrected chi connectivity index (χ2v) is 7.92. The second kappa shape index (κ2) is 9.63. The number of fused-ring (bicyclic) bond motifs is 1. The van der Waals surface area contributed by atoms with Gasteiger partial charge in [0.25, 0.3) is 5.56 Å². The van der Waals surface area contributed by atoms with E-state index in [9.17, 15) is 13.9 Å². The molecule has 6 atom stereocenters. The summed E-state index contributed by atoms with van der Waals surface area (Å²) in [7, 11) is -5.49. The van der Waals surface area contributed by atoms with Crippen LogP contribution in [0.25, 0.3) is 11.2 Å². The number of aromatic amines is 1. The Labute approximate surface area is 170 Å². The number of ether oxygens (including phenoxy) is 1. The summed E-state index contributed by atoms with van der Waals surface area (Å²) >= 11 is 0. The van der Waals surface area contributed by atoms with Crippen LogP contribution in [-0.4, -0.2) is 49.8 Å². The molecule has 1 aliphatic rings. The Morgan fingerprint density at radius 1 is 1.47 bits per heavy atom. The van der Waals surface area contributed by atoms with Gasteiger partial charge in [0, 0.05) is 15.0 Å². The number of hydrogen-bond acceptors (Lipinski definition) is 11. The summed E-state index contributed by atoms with van der Waals surface area (Å²) < 4.78 is 45.6. The number of rotatable bonds is 9. The Balaban J connectivity index is 1.86. The lowest BCUT2D eigenvalue weighted by Gasteiger charge is -2.17. The van der Waals surface area contributed by atoms with E-state index in [0.29, 0.717) is 0 Å². The van der Waals surface area contributed by atoms with Gasteiger partial charge in [0.05, 0.1) is 18.8 Å². The quantitative estimate of drug-likeness (QED) is 0.352. The zero-order chi connectivity index (χ0) is 21.8. The van der Waals surface area contributed by atoms with Gasteiger partial charge in [-0.05, 0) is 0 Å². The first-order chi connectivity index (χ1) is 14.3. The molecule has 4 unspecified atom stereocenters. The zero-order valence-corrected chi connectivity index (χ0v) is 17.4. The topological polar surface area (TPSA) is 205 Å². The van der Waals surface area contributed by atoms with Gasteiger partial charge in [-0.1, -0.05) is 6.92 Å². The van der Waals surface area contributed by atoms with E-state index in [2.05, 4.69) is 15.0 Å². The van der Waals surface area contributed by atoms with Gasteiger partial charge in [0.15, 0.2) is 17.3 Å². The van der Waals surface area contributed by atoms with Gasteiger partial charge in [-0.3, -0.25) is 14.3 Å². The number of nitrogens with zero attached hydrogens (tertiary/aromatic N) is 4. The molecule has 160 valence electrons. The van der Waals surface area contributed by atoms with Crippen molar-refractivity contribution in [2.45, 2.75) is 31.8 Å². The van der Waals surface area contributed by atoms with Gasteiger partial charge in [0.2, 0.25) is 5.95 Å². The van der Waals surface area contributed by atoms with Gasteiger partial charge in [-0.15, -0.1) is 18.5 Å². The summed E-state index contributed by atoms with van der Waals surface area (Å²) in [5, 5.41) is 8.53. The minimum absolute atomic E-state index is 0.0317. The molecule has 1 aliphatic heterocycles. The van der Waals surface area contributed by atoms with E-state index in [-0.39, 0.29) is 36.7 Å². The van der Waals surface area contributed by atoms with Crippen LogP contribution in [0.3, 0.4) is 0 Å². The van der Waals surface area contributed by atoms with Crippen LogP contribution >= 0.6 is 16.5 Å². The smallest absolute Gasteiger partial charge is 0.369 e. The summed E-state index contributed by atoms with van der Waals surface area (Å²) in [6, 6.07) is 1.85. The fraction of sp³-hybridized carbons (Fsp3) is 0.571. The monoisotopic (exact) mass is 460 g/mol. The maximum absolute atomic E-state index is 12.1. The Morgan fingerprint density at radius 3 is 2.93 bits per heavy atom. The van der Waals surface area contributed by atoms with Crippen molar-refractivity contribution in [2.24, 2.45) is 5.92 Å². The number of aromatic nitrogens is 4. The number of nitrogen functional groups attached to an aromatic ring is 1. The molecule has 0 spiro atoms. The van der Waals surface area contributed by atoms with E-state index < -0.39 is 46.4 Å². The predicted octanol–water partition coefficient (Wildman–Crippen LogP) is 0.874. The third-order valence-electron chi connectivity index (χ3n) is 4.34. The largest absolute Gasteiger partial charge is 0.697 e. The highest BCUT2D eigenvalue weighted by Crippen LogP contribution is 2.42. The fourth-order valence-electron chi connectivity index (χ4n) is 3.06. The third-order valence-corrected chi connectivity index (χ3v) is 5.52. The summed E-state index contributed by atoms with van der Waals surface area (Å²) in [5.74, 6) is -0.604. The van der Waals surface area contributed by atoms with Crippen molar-refractivity contribution in [3.05, 3.63) is 16.7 Å². The molecule has 0 bridgehead atoms. The fourth-order valence-corrected chi connectivity index (χ4v) is 4.16. The molecule has 0 aromatic carbocycles. The normalized spacial score (nSPS) is 24.7. The highest BCUT2D eigenvalue weighted by atomic mass is 31.1. The first-order valence-electron chi connectivity index (χ1n) is 8.62. The molecular formula is C14H18N6O8P2+2. The van der Waals surface area contributed by atoms with Crippen LogP contribution in [0.15, 0.2) is 11.1 Å². The number of nitriles is 1. The number of nitrogens with one attached hydrogen (secondary N) is 1. The van der Waals surface area contributed by atoms with E-state index >= 15 is 0 Å². The average Bonchev–Trinajstić information content (AvgIpc) is 3.22. The van der Waals surface area contributed by atoms with Crippen molar-refractivity contribution in [1.82, 2.24) is 19.5 Å². The van der Waals surface area contributed by atoms with Crippen molar-refractivity contribution in [2.75, 3.05) is 18.9 Å². The van der Waals surface area contributed by atoms with Gasteiger partial charge in [0.1, 0.15) is 25.5 Å². The zero-order valence-electron chi connectivity index (χ0n) is 15.6. The van der Waals surface area contributed by atoms with Crippen LogP contribution in [0.4, 0.5) is 5.95 Å². The van der Waals surface area contributed by atoms with Crippen LogP contribution < -0.4 is 11.3 Å². The molecule has 0 aliphatic carbocycles. The van der Waals surface area contributed by atoms with Gasteiger partial charge in [-0.25, -0.2) is 4.98 Å². The standard InChI is InChI=1S/C14H16N6O8P2/c1-7-10(28-30(24)25-4-2-3-15)8(5-26-29(22)23)27-13(7)20-6-17-9-11(20)18-14(16)19-12(9)21/h6-8,10,13H,2,4-5H2,1H3,(H2-2,16,18,19,21,22,23)/p+2/t7?,8-,10?,13-/m1/s1. The lowest BCUT2D eigenvalue weighted by molar-refractivity contribution is -0.0376. The van der Waals surface area contributed by atoms with Gasteiger partial charge in [-0.2, -0.15) is 10.2 Å². The average molecular weight is 460 g/mol. The van der Waals surface area contributed by atoms with Crippen molar-refractivity contribution < 1.29 is 32.3 Å². The third kappa shape index (κ3) is 4.85. The van der Waals surface area contributed by atoms with Gasteiger partial charge < -0.3 is 10.5 Å². The van der Waals surface area contributed by atoms with Crippen molar-refractivity contribution in [3.8, 4) is 6.07 Å². The van der Waals surface area contributed by atoms with Gasteiger partial charge >= 0.3 is 16.5 Å². The molecule has 2 aromatic rings. The maximum atomic E-state index is 12.1. The molecular weight excluding hydrogens is 442 g/mol. The SMILES string of the molecule is CC1C(O[P+](=O)OCCC#N)[C@@H](CO[P+](=O)O)O[C@H]1n1cnc2c(=O)[nH]c(N)nc21. The van der Waals surface area contributed by atoms with Crippen LogP contribution in [0.1, 0.15) is 19.6 Å². The van der Waals surface area contributed by atoms with Crippen LogP contribution in [0.2, 0.25) is 0 Å². The molecule has 0 amide bonds. The van der Waals surface area contributed by atoms with E-state index in [1.165, 1.54) is 10.9 Å². The molecule has 14 nitrogen and oxygen atoms in total. The molecule has 3 heterocycles. The number of imidazole rings is 1. The number of hydrogen-bond donors (Lipinski definition) is 3. The van der Waals surface area contributed by atoms with E-state index in [1.54, 1.807) is 6.92 Å². The first kappa shape index (κ1) is 22.3. The summed E-state index contributed by atoms with van der Waals surface area (Å²) in [5.41, 5.74) is 5.29. The minimum atomic E-state index is -2.90. The highest BCUT2D eigenvalue weighted by molar-refractivity contribution is 7.33. The number of anilines is 1. The summed E-state index contributed by atoms with van der Waals surface area (Å²) in [6.07, 6.45) is -1.19. The van der Waals surface area contributed by atoms with Crippen molar-refractivity contribution in [3.63, 3.8) is 0 Å². The lowest BCUT2D eigenvalue weighted by Crippen LogP contribution is -2.30. The highest BCUT2D eigenvalue weighted by Gasteiger charge is 2.50. The molecule has 30 heavy (non-hydrogen) atoms. The first-order valence-corrected chi connectivity index (χ1v) is 10.8. The number of nitrogens with two attached hydrogens (primary N) is 1. The Morgan fingerprint density at radius 2 is 2.23 bits per heavy atom. The Kier molecular flexibility index (Phi) is 7.17. The molecule has 4 N–H and O–H groups in total. The molecule has 1 saturated heterocycles. The lowest BCUT2D eigenvalue weighted by atomic mass is 10.0. The minimum Gasteiger partial charge on any atom is -0.369 e. The van der Waals surface area contributed by atoms with Crippen molar-refractivity contribution >= 4 is 33.6 Å².